The lowest BCUT2D eigenvalue weighted by Gasteiger charge is -2.36. The third kappa shape index (κ3) is 5.11. The summed E-state index contributed by atoms with van der Waals surface area (Å²) in [6.07, 6.45) is 1.15. The number of hydrogen-bond acceptors (Lipinski definition) is 5. The maximum absolute atomic E-state index is 12.5. The number of piperazine rings is 1. The van der Waals surface area contributed by atoms with E-state index in [9.17, 15) is 13.2 Å². The van der Waals surface area contributed by atoms with Crippen LogP contribution in [0.4, 0.5) is 5.69 Å². The van der Waals surface area contributed by atoms with Gasteiger partial charge >= 0.3 is 0 Å². The van der Waals surface area contributed by atoms with Crippen molar-refractivity contribution < 1.29 is 13.2 Å². The molecular formula is C21H27N3O3S. The van der Waals surface area contributed by atoms with Crippen LogP contribution in [0.5, 0.6) is 0 Å². The molecule has 1 fully saturated rings. The fourth-order valence-electron chi connectivity index (χ4n) is 3.37. The highest BCUT2D eigenvalue weighted by atomic mass is 32.2. The first-order valence-electron chi connectivity index (χ1n) is 9.46. The van der Waals surface area contributed by atoms with Crippen LogP contribution in [-0.4, -0.2) is 64.7 Å². The molecule has 3 rings (SSSR count). The second-order valence-electron chi connectivity index (χ2n) is 7.17. The van der Waals surface area contributed by atoms with Crippen molar-refractivity contribution in [3.05, 3.63) is 59.7 Å². The van der Waals surface area contributed by atoms with Crippen LogP contribution in [0.2, 0.25) is 0 Å². The van der Waals surface area contributed by atoms with Gasteiger partial charge in [0, 0.05) is 56.8 Å². The number of rotatable bonds is 6. The van der Waals surface area contributed by atoms with Gasteiger partial charge in [-0.3, -0.25) is 9.69 Å². The molecule has 0 saturated carbocycles. The summed E-state index contributed by atoms with van der Waals surface area (Å²) in [5.74, 6) is -0.231. The first kappa shape index (κ1) is 20.4. The summed E-state index contributed by atoms with van der Waals surface area (Å²) >= 11 is 0. The molecule has 0 aliphatic carbocycles. The van der Waals surface area contributed by atoms with Crippen molar-refractivity contribution in [1.82, 2.24) is 10.2 Å². The summed E-state index contributed by atoms with van der Waals surface area (Å²) in [6, 6.07) is 15.1. The van der Waals surface area contributed by atoms with Gasteiger partial charge in [-0.15, -0.1) is 0 Å². The second kappa shape index (κ2) is 8.75. The van der Waals surface area contributed by atoms with Gasteiger partial charge in [-0.25, -0.2) is 8.42 Å². The molecule has 2 aromatic rings. The monoisotopic (exact) mass is 401 g/mol. The Hall–Kier alpha value is -2.38. The van der Waals surface area contributed by atoms with E-state index >= 15 is 0 Å². The second-order valence-corrected chi connectivity index (χ2v) is 9.18. The number of carbonyl (C=O) groups excluding carboxylic acids is 1. The molecule has 1 N–H and O–H groups in total. The molecule has 1 heterocycles. The molecule has 0 bridgehead atoms. The van der Waals surface area contributed by atoms with E-state index in [0.29, 0.717) is 12.1 Å². The Morgan fingerprint density at radius 2 is 1.71 bits per heavy atom. The van der Waals surface area contributed by atoms with E-state index in [1.165, 1.54) is 17.8 Å². The predicted molar refractivity (Wildman–Crippen MR) is 112 cm³/mol. The van der Waals surface area contributed by atoms with Crippen molar-refractivity contribution in [2.75, 3.05) is 50.4 Å². The maximum atomic E-state index is 12.5. The molecule has 0 spiro atoms. The lowest BCUT2D eigenvalue weighted by atomic mass is 10.1. The third-order valence-electron chi connectivity index (χ3n) is 5.09. The van der Waals surface area contributed by atoms with Gasteiger partial charge in [0.1, 0.15) is 0 Å². The Morgan fingerprint density at radius 3 is 2.36 bits per heavy atom. The normalized spacial score (nSPS) is 15.4. The van der Waals surface area contributed by atoms with Crippen molar-refractivity contribution in [3.8, 4) is 0 Å². The Balaban J connectivity index is 1.49. The molecule has 1 amide bonds. The van der Waals surface area contributed by atoms with Crippen LogP contribution >= 0.6 is 0 Å². The zero-order valence-electron chi connectivity index (χ0n) is 16.4. The standard InChI is InChI=1S/C21H27N3O3S/c1-17-8-9-19(28(2,26)27)16-20(17)21(25)22-10-11-23-12-14-24(15-13-23)18-6-4-3-5-7-18/h3-9,16H,10-15H2,1-2H3,(H,22,25). The van der Waals surface area contributed by atoms with Gasteiger partial charge < -0.3 is 10.2 Å². The minimum absolute atomic E-state index is 0.167. The van der Waals surface area contributed by atoms with Crippen LogP contribution in [-0.2, 0) is 9.84 Å². The summed E-state index contributed by atoms with van der Waals surface area (Å²) in [5, 5.41) is 2.92. The molecule has 1 saturated heterocycles. The van der Waals surface area contributed by atoms with Gasteiger partial charge in [0.2, 0.25) is 0 Å². The molecule has 1 aliphatic heterocycles. The molecule has 0 unspecified atom stereocenters. The van der Waals surface area contributed by atoms with E-state index in [4.69, 9.17) is 0 Å². The number of benzene rings is 2. The first-order chi connectivity index (χ1) is 13.3. The van der Waals surface area contributed by atoms with Crippen molar-refractivity contribution >= 4 is 21.4 Å². The topological polar surface area (TPSA) is 69.7 Å². The number of amides is 1. The Kier molecular flexibility index (Phi) is 6.36. The van der Waals surface area contributed by atoms with Gasteiger partial charge in [-0.05, 0) is 36.8 Å². The number of nitrogens with one attached hydrogen (secondary N) is 1. The molecule has 28 heavy (non-hydrogen) atoms. The average Bonchev–Trinajstić information content (AvgIpc) is 2.68. The van der Waals surface area contributed by atoms with Crippen LogP contribution in [0, 0.1) is 6.92 Å². The summed E-state index contributed by atoms with van der Waals surface area (Å²) < 4.78 is 23.5. The molecular weight excluding hydrogens is 374 g/mol. The highest BCUT2D eigenvalue weighted by Gasteiger charge is 2.18. The maximum Gasteiger partial charge on any atom is 0.251 e. The van der Waals surface area contributed by atoms with Gasteiger partial charge in [-0.2, -0.15) is 0 Å². The highest BCUT2D eigenvalue weighted by molar-refractivity contribution is 7.90. The van der Waals surface area contributed by atoms with Crippen LogP contribution in [0.1, 0.15) is 15.9 Å². The van der Waals surface area contributed by atoms with E-state index < -0.39 is 9.84 Å². The van der Waals surface area contributed by atoms with E-state index in [1.54, 1.807) is 6.07 Å². The molecule has 0 atom stereocenters. The zero-order chi connectivity index (χ0) is 20.1. The smallest absolute Gasteiger partial charge is 0.251 e. The quantitative estimate of drug-likeness (QED) is 0.801. The molecule has 7 heteroatoms. The fraction of sp³-hybridized carbons (Fsp3) is 0.381. The lowest BCUT2D eigenvalue weighted by Crippen LogP contribution is -2.48. The fourth-order valence-corrected chi connectivity index (χ4v) is 4.01. The number of sulfone groups is 1. The molecule has 2 aromatic carbocycles. The largest absolute Gasteiger partial charge is 0.369 e. The SMILES string of the molecule is Cc1ccc(S(C)(=O)=O)cc1C(=O)NCCN1CCN(c2ccccc2)CC1. The van der Waals surface area contributed by atoms with E-state index in [1.807, 2.05) is 13.0 Å². The molecule has 1 aliphatic rings. The molecule has 6 nitrogen and oxygen atoms in total. The Labute approximate surface area is 167 Å². The van der Waals surface area contributed by atoms with E-state index in [0.717, 1.165) is 44.5 Å². The van der Waals surface area contributed by atoms with Crippen molar-refractivity contribution in [2.24, 2.45) is 0 Å². The van der Waals surface area contributed by atoms with Gasteiger partial charge in [-0.1, -0.05) is 24.3 Å². The lowest BCUT2D eigenvalue weighted by molar-refractivity contribution is 0.0947. The number of hydrogen-bond donors (Lipinski definition) is 1. The van der Waals surface area contributed by atoms with Crippen molar-refractivity contribution in [2.45, 2.75) is 11.8 Å². The van der Waals surface area contributed by atoms with E-state index in [-0.39, 0.29) is 10.8 Å². The summed E-state index contributed by atoms with van der Waals surface area (Å²) in [4.78, 5) is 17.4. The van der Waals surface area contributed by atoms with Crippen molar-refractivity contribution in [1.29, 1.82) is 0 Å². The Morgan fingerprint density at radius 1 is 1.04 bits per heavy atom. The minimum Gasteiger partial charge on any atom is -0.369 e. The van der Waals surface area contributed by atoms with Gasteiger partial charge in [0.25, 0.3) is 5.91 Å². The highest BCUT2D eigenvalue weighted by Crippen LogP contribution is 2.16. The minimum atomic E-state index is -3.33. The van der Waals surface area contributed by atoms with Crippen LogP contribution in [0.3, 0.4) is 0 Å². The number of nitrogens with zero attached hydrogens (tertiary/aromatic N) is 2. The van der Waals surface area contributed by atoms with Crippen LogP contribution in [0.15, 0.2) is 53.4 Å². The van der Waals surface area contributed by atoms with Crippen LogP contribution < -0.4 is 10.2 Å². The van der Waals surface area contributed by atoms with Gasteiger partial charge in [0.05, 0.1) is 4.90 Å². The third-order valence-corrected chi connectivity index (χ3v) is 6.20. The Bertz CT molecular complexity index is 921. The molecule has 0 aromatic heterocycles. The van der Waals surface area contributed by atoms with Gasteiger partial charge in [0.15, 0.2) is 9.84 Å². The molecule has 150 valence electrons. The number of anilines is 1. The summed E-state index contributed by atoms with van der Waals surface area (Å²) in [5.41, 5.74) is 2.43. The number of aryl methyl sites for hydroxylation is 1. The average molecular weight is 402 g/mol. The summed E-state index contributed by atoms with van der Waals surface area (Å²) in [6.45, 7) is 6.96. The predicted octanol–water partition coefficient (Wildman–Crippen LogP) is 1.95. The molecule has 0 radical (unpaired) electrons. The van der Waals surface area contributed by atoms with Crippen LogP contribution in [0.25, 0.3) is 0 Å². The van der Waals surface area contributed by atoms with Crippen molar-refractivity contribution in [3.63, 3.8) is 0 Å². The summed E-state index contributed by atoms with van der Waals surface area (Å²) in [7, 11) is -3.33. The zero-order valence-corrected chi connectivity index (χ0v) is 17.2. The number of para-hydroxylation sites is 1. The van der Waals surface area contributed by atoms with E-state index in [2.05, 4.69) is 39.4 Å². The first-order valence-corrected chi connectivity index (χ1v) is 11.3. The number of carbonyl (C=O) groups is 1.